The molecule has 0 radical (unpaired) electrons. The summed E-state index contributed by atoms with van der Waals surface area (Å²) in [6.07, 6.45) is 0. The van der Waals surface area contributed by atoms with E-state index in [1.54, 1.807) is 37.3 Å². The largest absolute Gasteiger partial charge is 0.326 e. The number of hydrogen-bond donors (Lipinski definition) is 2. The SMILES string of the molecule is Cc1c(Cl)cccc1S(=O)(=O)Nc1ccccc1CN. The second-order valence-electron chi connectivity index (χ2n) is 4.33. The van der Waals surface area contributed by atoms with Gasteiger partial charge in [0.05, 0.1) is 10.6 Å². The zero-order valence-corrected chi connectivity index (χ0v) is 12.5. The highest BCUT2D eigenvalue weighted by molar-refractivity contribution is 7.92. The van der Waals surface area contributed by atoms with Crippen molar-refractivity contribution in [3.8, 4) is 0 Å². The minimum atomic E-state index is -3.69. The van der Waals surface area contributed by atoms with Gasteiger partial charge in [-0.25, -0.2) is 8.42 Å². The van der Waals surface area contributed by atoms with Gasteiger partial charge in [0.1, 0.15) is 0 Å². The average molecular weight is 311 g/mol. The van der Waals surface area contributed by atoms with E-state index in [0.717, 1.165) is 5.56 Å². The highest BCUT2D eigenvalue weighted by Crippen LogP contribution is 2.25. The van der Waals surface area contributed by atoms with Crippen LogP contribution in [0.5, 0.6) is 0 Å². The molecule has 2 rings (SSSR count). The van der Waals surface area contributed by atoms with Gasteiger partial charge in [0, 0.05) is 11.6 Å². The third-order valence-corrected chi connectivity index (χ3v) is 4.91. The van der Waals surface area contributed by atoms with E-state index >= 15 is 0 Å². The zero-order chi connectivity index (χ0) is 14.8. The van der Waals surface area contributed by atoms with E-state index in [-0.39, 0.29) is 11.4 Å². The number of para-hydroxylation sites is 1. The molecule has 0 atom stereocenters. The maximum atomic E-state index is 12.4. The van der Waals surface area contributed by atoms with Crippen LogP contribution in [-0.2, 0) is 16.6 Å². The van der Waals surface area contributed by atoms with Gasteiger partial charge in [-0.3, -0.25) is 4.72 Å². The third-order valence-electron chi connectivity index (χ3n) is 2.99. The maximum Gasteiger partial charge on any atom is 0.262 e. The van der Waals surface area contributed by atoms with Crippen LogP contribution in [0.15, 0.2) is 47.4 Å². The molecule has 2 aromatic rings. The Morgan fingerprint density at radius 3 is 2.55 bits per heavy atom. The van der Waals surface area contributed by atoms with Crippen molar-refractivity contribution < 1.29 is 8.42 Å². The molecule has 0 aromatic heterocycles. The summed E-state index contributed by atoms with van der Waals surface area (Å²) in [6, 6.07) is 11.8. The molecule has 0 spiro atoms. The molecular weight excluding hydrogens is 296 g/mol. The lowest BCUT2D eigenvalue weighted by molar-refractivity contribution is 0.600. The predicted molar refractivity (Wildman–Crippen MR) is 81.3 cm³/mol. The van der Waals surface area contributed by atoms with Crippen molar-refractivity contribution in [2.45, 2.75) is 18.4 Å². The standard InChI is InChI=1S/C14H15ClN2O2S/c1-10-12(15)6-4-8-14(10)20(18,19)17-13-7-3-2-5-11(13)9-16/h2-8,17H,9,16H2,1H3. The highest BCUT2D eigenvalue weighted by Gasteiger charge is 2.19. The summed E-state index contributed by atoms with van der Waals surface area (Å²) in [4.78, 5) is 0.164. The van der Waals surface area contributed by atoms with Crippen LogP contribution in [0.2, 0.25) is 5.02 Å². The van der Waals surface area contributed by atoms with E-state index in [0.29, 0.717) is 16.3 Å². The first-order valence-corrected chi connectivity index (χ1v) is 7.87. The Morgan fingerprint density at radius 2 is 1.85 bits per heavy atom. The lowest BCUT2D eigenvalue weighted by Gasteiger charge is -2.13. The fourth-order valence-corrected chi connectivity index (χ4v) is 3.48. The van der Waals surface area contributed by atoms with Crippen LogP contribution in [0, 0.1) is 6.92 Å². The molecule has 0 aliphatic carbocycles. The molecule has 0 saturated carbocycles. The number of nitrogens with two attached hydrogens (primary N) is 1. The number of hydrogen-bond acceptors (Lipinski definition) is 3. The lowest BCUT2D eigenvalue weighted by atomic mass is 10.2. The molecule has 0 fully saturated rings. The molecule has 0 unspecified atom stereocenters. The van der Waals surface area contributed by atoms with E-state index in [9.17, 15) is 8.42 Å². The Labute approximate surface area is 123 Å². The van der Waals surface area contributed by atoms with Crippen LogP contribution in [0.25, 0.3) is 0 Å². The summed E-state index contributed by atoms with van der Waals surface area (Å²) in [5.41, 5.74) is 7.34. The first-order valence-electron chi connectivity index (χ1n) is 6.01. The summed E-state index contributed by atoms with van der Waals surface area (Å²) in [5, 5.41) is 0.417. The number of halogens is 1. The van der Waals surface area contributed by atoms with Crippen LogP contribution in [0.3, 0.4) is 0 Å². The van der Waals surface area contributed by atoms with E-state index in [2.05, 4.69) is 4.72 Å². The van der Waals surface area contributed by atoms with Crippen molar-refractivity contribution in [2.75, 3.05) is 4.72 Å². The van der Waals surface area contributed by atoms with Crippen LogP contribution in [-0.4, -0.2) is 8.42 Å². The van der Waals surface area contributed by atoms with Crippen molar-refractivity contribution in [3.63, 3.8) is 0 Å². The summed E-state index contributed by atoms with van der Waals surface area (Å²) in [6.45, 7) is 1.93. The van der Waals surface area contributed by atoms with Crippen LogP contribution < -0.4 is 10.5 Å². The van der Waals surface area contributed by atoms with Gasteiger partial charge in [-0.05, 0) is 36.2 Å². The Hall–Kier alpha value is -1.56. The van der Waals surface area contributed by atoms with Crippen molar-refractivity contribution in [1.29, 1.82) is 0 Å². The minimum Gasteiger partial charge on any atom is -0.326 e. The summed E-state index contributed by atoms with van der Waals surface area (Å²) in [7, 11) is -3.69. The summed E-state index contributed by atoms with van der Waals surface area (Å²) >= 11 is 5.97. The van der Waals surface area contributed by atoms with E-state index in [1.807, 2.05) is 6.07 Å². The van der Waals surface area contributed by atoms with E-state index < -0.39 is 10.0 Å². The molecule has 6 heteroatoms. The molecular formula is C14H15ClN2O2S. The maximum absolute atomic E-state index is 12.4. The number of sulfonamides is 1. The number of anilines is 1. The molecule has 0 aliphatic rings. The second kappa shape index (κ2) is 5.83. The molecule has 4 nitrogen and oxygen atoms in total. The monoisotopic (exact) mass is 310 g/mol. The number of nitrogens with one attached hydrogen (secondary N) is 1. The smallest absolute Gasteiger partial charge is 0.262 e. The fourth-order valence-electron chi connectivity index (χ4n) is 1.88. The van der Waals surface area contributed by atoms with Crippen molar-refractivity contribution in [3.05, 3.63) is 58.6 Å². The van der Waals surface area contributed by atoms with Crippen LogP contribution >= 0.6 is 11.6 Å². The van der Waals surface area contributed by atoms with Crippen molar-refractivity contribution >= 4 is 27.3 Å². The molecule has 0 heterocycles. The molecule has 3 N–H and O–H groups in total. The summed E-state index contributed by atoms with van der Waals surface area (Å²) in [5.74, 6) is 0. The quantitative estimate of drug-likeness (QED) is 0.912. The number of benzene rings is 2. The Kier molecular flexibility index (Phi) is 4.32. The molecule has 0 bridgehead atoms. The topological polar surface area (TPSA) is 72.2 Å². The van der Waals surface area contributed by atoms with Crippen molar-refractivity contribution in [1.82, 2.24) is 0 Å². The fraction of sp³-hybridized carbons (Fsp3) is 0.143. The first kappa shape index (κ1) is 14.8. The van der Waals surface area contributed by atoms with E-state index in [4.69, 9.17) is 17.3 Å². The highest BCUT2D eigenvalue weighted by atomic mass is 35.5. The zero-order valence-electron chi connectivity index (χ0n) is 10.9. The Morgan fingerprint density at radius 1 is 1.15 bits per heavy atom. The first-order chi connectivity index (χ1) is 9.45. The summed E-state index contributed by atoms with van der Waals surface area (Å²) < 4.78 is 27.4. The van der Waals surface area contributed by atoms with Gasteiger partial charge in [0.2, 0.25) is 0 Å². The lowest BCUT2D eigenvalue weighted by Crippen LogP contribution is -2.16. The minimum absolute atomic E-state index is 0.164. The molecule has 0 aliphatic heterocycles. The van der Waals surface area contributed by atoms with Gasteiger partial charge in [0.25, 0.3) is 10.0 Å². The van der Waals surface area contributed by atoms with E-state index in [1.165, 1.54) is 6.07 Å². The molecule has 106 valence electrons. The molecule has 2 aromatic carbocycles. The van der Waals surface area contributed by atoms with Crippen LogP contribution in [0.4, 0.5) is 5.69 Å². The van der Waals surface area contributed by atoms with Crippen LogP contribution in [0.1, 0.15) is 11.1 Å². The molecule has 0 saturated heterocycles. The second-order valence-corrected chi connectivity index (χ2v) is 6.39. The molecule has 0 amide bonds. The van der Waals surface area contributed by atoms with Gasteiger partial charge in [-0.1, -0.05) is 35.9 Å². The van der Waals surface area contributed by atoms with Gasteiger partial charge < -0.3 is 5.73 Å². The normalized spacial score (nSPS) is 11.3. The predicted octanol–water partition coefficient (Wildman–Crippen LogP) is 2.91. The van der Waals surface area contributed by atoms with Gasteiger partial charge in [-0.15, -0.1) is 0 Å². The van der Waals surface area contributed by atoms with Gasteiger partial charge in [0.15, 0.2) is 0 Å². The van der Waals surface area contributed by atoms with Gasteiger partial charge >= 0.3 is 0 Å². The number of rotatable bonds is 4. The third kappa shape index (κ3) is 2.95. The Bertz CT molecular complexity index is 730. The average Bonchev–Trinajstić information content (AvgIpc) is 2.42. The Balaban J connectivity index is 2.44. The molecule has 20 heavy (non-hydrogen) atoms. The van der Waals surface area contributed by atoms with Gasteiger partial charge in [-0.2, -0.15) is 0 Å². The van der Waals surface area contributed by atoms with Crippen molar-refractivity contribution in [2.24, 2.45) is 5.73 Å².